The van der Waals surface area contributed by atoms with Gasteiger partial charge in [0.25, 0.3) is 0 Å². The number of hydrogen-bond acceptors (Lipinski definition) is 2. The fraction of sp³-hybridized carbons (Fsp3) is 0.588. The Balaban J connectivity index is 1.81. The Morgan fingerprint density at radius 1 is 1.35 bits per heavy atom. The van der Waals surface area contributed by atoms with Gasteiger partial charge in [0.2, 0.25) is 0 Å². The summed E-state index contributed by atoms with van der Waals surface area (Å²) in [5.41, 5.74) is 1.34. The highest BCUT2D eigenvalue weighted by atomic mass is 19.1. The molecule has 1 heterocycles. The van der Waals surface area contributed by atoms with Gasteiger partial charge in [-0.2, -0.15) is 0 Å². The number of carbonyl (C=O) groups excluding carboxylic acids is 1. The third-order valence-electron chi connectivity index (χ3n) is 4.84. The number of rotatable bonds is 2. The maximum Gasteiger partial charge on any atom is 0.166 e. The van der Waals surface area contributed by atoms with E-state index >= 15 is 0 Å². The molecule has 0 amide bonds. The van der Waals surface area contributed by atoms with Crippen molar-refractivity contribution >= 4 is 5.78 Å². The van der Waals surface area contributed by atoms with Crippen LogP contribution in [-0.4, -0.2) is 18.0 Å². The topological polar surface area (TPSA) is 26.3 Å². The summed E-state index contributed by atoms with van der Waals surface area (Å²) in [5, 5.41) is 0. The van der Waals surface area contributed by atoms with Gasteiger partial charge >= 0.3 is 0 Å². The van der Waals surface area contributed by atoms with Crippen LogP contribution >= 0.6 is 0 Å². The van der Waals surface area contributed by atoms with Gasteiger partial charge in [-0.25, -0.2) is 4.39 Å². The van der Waals surface area contributed by atoms with Gasteiger partial charge < -0.3 is 4.74 Å². The van der Waals surface area contributed by atoms with Crippen LogP contribution in [0.3, 0.4) is 0 Å². The van der Waals surface area contributed by atoms with Crippen LogP contribution in [-0.2, 0) is 4.74 Å². The van der Waals surface area contributed by atoms with Crippen LogP contribution < -0.4 is 0 Å². The molecule has 1 aliphatic heterocycles. The molecule has 2 aliphatic rings. The Bertz CT molecular complexity index is 518. The minimum Gasteiger partial charge on any atom is -0.375 e. The fourth-order valence-corrected chi connectivity index (χ4v) is 3.70. The average Bonchev–Trinajstić information content (AvgIpc) is 2.88. The van der Waals surface area contributed by atoms with Crippen molar-refractivity contribution in [1.29, 1.82) is 0 Å². The molecule has 2 nitrogen and oxygen atoms in total. The first kappa shape index (κ1) is 13.7. The Kier molecular flexibility index (Phi) is 3.63. The molecule has 1 atom stereocenters. The lowest BCUT2D eigenvalue weighted by Gasteiger charge is -2.37. The summed E-state index contributed by atoms with van der Waals surface area (Å²) in [6, 6.07) is 4.48. The number of halogens is 1. The Hall–Kier alpha value is -1.22. The minimum absolute atomic E-state index is 0.0117. The first-order valence-electron chi connectivity index (χ1n) is 7.54. The molecule has 3 heteroatoms. The molecule has 20 heavy (non-hydrogen) atoms. The normalized spacial score (nSPS) is 25.0. The molecule has 0 aromatic heterocycles. The highest BCUT2D eigenvalue weighted by molar-refractivity contribution is 5.99. The second-order valence-electron chi connectivity index (χ2n) is 6.25. The number of ether oxygens (including phenoxy) is 1. The maximum atomic E-state index is 13.4. The van der Waals surface area contributed by atoms with E-state index in [2.05, 4.69) is 0 Å². The predicted molar refractivity (Wildman–Crippen MR) is 75.3 cm³/mol. The van der Waals surface area contributed by atoms with Crippen LogP contribution in [0.4, 0.5) is 4.39 Å². The highest BCUT2D eigenvalue weighted by Gasteiger charge is 2.42. The Labute approximate surface area is 119 Å². The highest BCUT2D eigenvalue weighted by Crippen LogP contribution is 2.42. The maximum absolute atomic E-state index is 13.4. The molecule has 3 rings (SSSR count). The first-order valence-corrected chi connectivity index (χ1v) is 7.54. The summed E-state index contributed by atoms with van der Waals surface area (Å²) >= 11 is 0. The summed E-state index contributed by atoms with van der Waals surface area (Å²) < 4.78 is 19.4. The number of Topliss-reactive ketones (excluding diaryl/α,β-unsaturated/α-hetero) is 1. The summed E-state index contributed by atoms with van der Waals surface area (Å²) in [4.78, 5) is 12.7. The van der Waals surface area contributed by atoms with Crippen molar-refractivity contribution in [3.05, 3.63) is 35.1 Å². The first-order chi connectivity index (χ1) is 9.60. The van der Waals surface area contributed by atoms with Crippen molar-refractivity contribution < 1.29 is 13.9 Å². The molecule has 0 N–H and O–H groups in total. The standard InChI is InChI=1S/C17H21FO2/c1-12-4-5-14(18)10-15(12)16(19)13-6-9-20-17(11-13)7-2-3-8-17/h4-5,10,13H,2-3,6-9,11H2,1H3. The lowest BCUT2D eigenvalue weighted by molar-refractivity contribution is -0.0866. The third kappa shape index (κ3) is 2.51. The summed E-state index contributed by atoms with van der Waals surface area (Å²) in [6.07, 6.45) is 6.09. The van der Waals surface area contributed by atoms with E-state index in [1.807, 2.05) is 6.92 Å². The second kappa shape index (κ2) is 5.28. The van der Waals surface area contributed by atoms with Crippen LogP contribution in [0.2, 0.25) is 0 Å². The largest absolute Gasteiger partial charge is 0.375 e. The van der Waals surface area contributed by atoms with Crippen LogP contribution in [0.1, 0.15) is 54.4 Å². The molecule has 0 radical (unpaired) electrons. The molecule has 1 saturated carbocycles. The second-order valence-corrected chi connectivity index (χ2v) is 6.25. The molecule has 1 aromatic rings. The third-order valence-corrected chi connectivity index (χ3v) is 4.84. The number of hydrogen-bond donors (Lipinski definition) is 0. The number of benzene rings is 1. The molecule has 1 aromatic carbocycles. The van der Waals surface area contributed by atoms with Gasteiger partial charge in [0.05, 0.1) is 5.60 Å². The van der Waals surface area contributed by atoms with Crippen molar-refractivity contribution in [3.63, 3.8) is 0 Å². The van der Waals surface area contributed by atoms with Crippen molar-refractivity contribution in [1.82, 2.24) is 0 Å². The fourth-order valence-electron chi connectivity index (χ4n) is 3.70. The van der Waals surface area contributed by atoms with Crippen LogP contribution in [0, 0.1) is 18.7 Å². The number of ketones is 1. The zero-order chi connectivity index (χ0) is 14.2. The number of aryl methyl sites for hydroxylation is 1. The molecular weight excluding hydrogens is 255 g/mol. The van der Waals surface area contributed by atoms with Crippen molar-refractivity contribution in [2.24, 2.45) is 5.92 Å². The summed E-state index contributed by atoms with van der Waals surface area (Å²) in [5.74, 6) is -0.250. The molecule has 1 spiro atoms. The number of carbonyl (C=O) groups is 1. The van der Waals surface area contributed by atoms with Gasteiger partial charge in [-0.05, 0) is 50.3 Å². The smallest absolute Gasteiger partial charge is 0.166 e. The van der Waals surface area contributed by atoms with E-state index in [1.54, 1.807) is 6.07 Å². The molecule has 108 valence electrons. The monoisotopic (exact) mass is 276 g/mol. The average molecular weight is 276 g/mol. The Morgan fingerprint density at radius 3 is 2.85 bits per heavy atom. The van der Waals surface area contributed by atoms with E-state index in [0.717, 1.165) is 31.2 Å². The van der Waals surface area contributed by atoms with Crippen molar-refractivity contribution in [2.75, 3.05) is 6.61 Å². The zero-order valence-electron chi connectivity index (χ0n) is 12.0. The van der Waals surface area contributed by atoms with E-state index in [4.69, 9.17) is 4.74 Å². The van der Waals surface area contributed by atoms with Crippen molar-refractivity contribution in [3.8, 4) is 0 Å². The molecule has 2 fully saturated rings. The van der Waals surface area contributed by atoms with Crippen LogP contribution in [0.25, 0.3) is 0 Å². The van der Waals surface area contributed by atoms with Gasteiger partial charge in [-0.1, -0.05) is 18.9 Å². The minimum atomic E-state index is -0.332. The lowest BCUT2D eigenvalue weighted by Crippen LogP contribution is -2.39. The van der Waals surface area contributed by atoms with Gasteiger partial charge in [-0.3, -0.25) is 4.79 Å². The van der Waals surface area contributed by atoms with E-state index in [-0.39, 0.29) is 23.1 Å². The van der Waals surface area contributed by atoms with Gasteiger partial charge in [-0.15, -0.1) is 0 Å². The van der Waals surface area contributed by atoms with Gasteiger partial charge in [0, 0.05) is 18.1 Å². The van der Waals surface area contributed by atoms with Gasteiger partial charge in [0.1, 0.15) is 5.82 Å². The Morgan fingerprint density at radius 2 is 2.10 bits per heavy atom. The van der Waals surface area contributed by atoms with E-state index in [0.29, 0.717) is 12.2 Å². The van der Waals surface area contributed by atoms with Crippen molar-refractivity contribution in [2.45, 2.75) is 51.0 Å². The lowest BCUT2D eigenvalue weighted by atomic mass is 9.80. The zero-order valence-corrected chi connectivity index (χ0v) is 12.0. The van der Waals surface area contributed by atoms with Crippen LogP contribution in [0.5, 0.6) is 0 Å². The summed E-state index contributed by atoms with van der Waals surface area (Å²) in [7, 11) is 0. The molecule has 1 saturated heterocycles. The van der Waals surface area contributed by atoms with Crippen LogP contribution in [0.15, 0.2) is 18.2 Å². The van der Waals surface area contributed by atoms with E-state index in [1.165, 1.54) is 25.0 Å². The molecule has 0 bridgehead atoms. The SMILES string of the molecule is Cc1ccc(F)cc1C(=O)C1CCOC2(CCCC2)C1. The molecular formula is C17H21FO2. The van der Waals surface area contributed by atoms with E-state index < -0.39 is 0 Å². The predicted octanol–water partition coefficient (Wildman–Crippen LogP) is 4.06. The molecule has 1 aliphatic carbocycles. The summed E-state index contributed by atoms with van der Waals surface area (Å²) in [6.45, 7) is 2.53. The molecule has 1 unspecified atom stereocenters. The quantitative estimate of drug-likeness (QED) is 0.761. The van der Waals surface area contributed by atoms with Gasteiger partial charge in [0.15, 0.2) is 5.78 Å². The van der Waals surface area contributed by atoms with E-state index in [9.17, 15) is 9.18 Å².